The number of fused-ring (bicyclic) bond motifs is 1. The Bertz CT molecular complexity index is 309. The van der Waals surface area contributed by atoms with Crippen LogP contribution in [0.2, 0.25) is 0 Å². The van der Waals surface area contributed by atoms with E-state index >= 15 is 0 Å². The maximum absolute atomic E-state index is 13.3. The van der Waals surface area contributed by atoms with Crippen LogP contribution in [-0.2, 0) is 6.42 Å². The van der Waals surface area contributed by atoms with Crippen molar-refractivity contribution in [3.8, 4) is 0 Å². The monoisotopic (exact) mass is 179 g/mol. The van der Waals surface area contributed by atoms with Crippen LogP contribution < -0.4 is 5.73 Å². The zero-order valence-corrected chi connectivity index (χ0v) is 7.59. The third kappa shape index (κ3) is 1.46. The van der Waals surface area contributed by atoms with Gasteiger partial charge >= 0.3 is 0 Å². The van der Waals surface area contributed by atoms with Crippen molar-refractivity contribution in [1.29, 1.82) is 0 Å². The molecule has 2 heteroatoms. The van der Waals surface area contributed by atoms with E-state index in [1.807, 2.05) is 6.07 Å². The fraction of sp³-hybridized carbons (Fsp3) is 0.455. The molecular weight excluding hydrogens is 165 g/mol. The van der Waals surface area contributed by atoms with Gasteiger partial charge in [0.15, 0.2) is 0 Å². The van der Waals surface area contributed by atoms with Gasteiger partial charge < -0.3 is 5.73 Å². The van der Waals surface area contributed by atoms with Gasteiger partial charge in [0.2, 0.25) is 0 Å². The number of nitrogens with two attached hydrogens (primary N) is 1. The lowest BCUT2D eigenvalue weighted by atomic mass is 9.83. The van der Waals surface area contributed by atoms with E-state index in [2.05, 4.69) is 0 Å². The fourth-order valence-corrected chi connectivity index (χ4v) is 2.15. The molecule has 0 aliphatic heterocycles. The van der Waals surface area contributed by atoms with E-state index < -0.39 is 0 Å². The summed E-state index contributed by atoms with van der Waals surface area (Å²) in [6.45, 7) is 0.635. The molecule has 1 atom stereocenters. The second-order valence-corrected chi connectivity index (χ2v) is 3.63. The fourth-order valence-electron chi connectivity index (χ4n) is 2.15. The highest BCUT2D eigenvalue weighted by molar-refractivity contribution is 5.34. The first-order valence-corrected chi connectivity index (χ1v) is 4.80. The lowest BCUT2D eigenvalue weighted by molar-refractivity contribution is 0.526. The van der Waals surface area contributed by atoms with Gasteiger partial charge in [-0.2, -0.15) is 0 Å². The van der Waals surface area contributed by atoms with Crippen LogP contribution in [0.4, 0.5) is 4.39 Å². The highest BCUT2D eigenvalue weighted by Crippen LogP contribution is 2.31. The van der Waals surface area contributed by atoms with Gasteiger partial charge in [-0.05, 0) is 48.9 Å². The second kappa shape index (κ2) is 3.46. The zero-order valence-electron chi connectivity index (χ0n) is 7.59. The van der Waals surface area contributed by atoms with E-state index in [1.54, 1.807) is 6.07 Å². The summed E-state index contributed by atoms with van der Waals surface area (Å²) in [7, 11) is 0. The summed E-state index contributed by atoms with van der Waals surface area (Å²) in [6.07, 6.45) is 3.04. The van der Waals surface area contributed by atoms with E-state index in [1.165, 1.54) is 6.07 Å². The van der Waals surface area contributed by atoms with Crippen molar-refractivity contribution in [2.75, 3.05) is 6.54 Å². The Labute approximate surface area is 77.8 Å². The van der Waals surface area contributed by atoms with Crippen LogP contribution in [0.15, 0.2) is 18.2 Å². The molecule has 0 fully saturated rings. The first kappa shape index (κ1) is 8.70. The molecule has 13 heavy (non-hydrogen) atoms. The molecule has 0 radical (unpaired) electrons. The van der Waals surface area contributed by atoms with Crippen LogP contribution in [0, 0.1) is 5.82 Å². The van der Waals surface area contributed by atoms with Crippen LogP contribution in [0.5, 0.6) is 0 Å². The molecule has 2 rings (SSSR count). The lowest BCUT2D eigenvalue weighted by Gasteiger charge is -2.24. The van der Waals surface area contributed by atoms with Crippen molar-refractivity contribution < 1.29 is 4.39 Å². The molecule has 70 valence electrons. The van der Waals surface area contributed by atoms with Gasteiger partial charge in [-0.25, -0.2) is 4.39 Å². The molecule has 1 aromatic rings. The Morgan fingerprint density at radius 3 is 3.08 bits per heavy atom. The van der Waals surface area contributed by atoms with Crippen molar-refractivity contribution in [2.45, 2.75) is 25.2 Å². The SMILES string of the molecule is NCC1CCCc2c(F)cccc21. The van der Waals surface area contributed by atoms with Gasteiger partial charge in [-0.15, -0.1) is 0 Å². The van der Waals surface area contributed by atoms with Gasteiger partial charge in [0.05, 0.1) is 0 Å². The minimum atomic E-state index is -0.0596. The lowest BCUT2D eigenvalue weighted by Crippen LogP contribution is -2.18. The van der Waals surface area contributed by atoms with Crippen LogP contribution in [0.25, 0.3) is 0 Å². The maximum Gasteiger partial charge on any atom is 0.126 e. The molecule has 0 saturated heterocycles. The number of rotatable bonds is 1. The van der Waals surface area contributed by atoms with E-state index in [0.717, 1.165) is 30.4 Å². The summed E-state index contributed by atoms with van der Waals surface area (Å²) in [4.78, 5) is 0. The number of hydrogen-bond donors (Lipinski definition) is 1. The molecule has 2 N–H and O–H groups in total. The van der Waals surface area contributed by atoms with Crippen molar-refractivity contribution in [2.24, 2.45) is 5.73 Å². The average molecular weight is 179 g/mol. The van der Waals surface area contributed by atoms with Gasteiger partial charge in [-0.3, -0.25) is 0 Å². The molecule has 0 bridgehead atoms. The number of hydrogen-bond acceptors (Lipinski definition) is 1. The summed E-state index contributed by atoms with van der Waals surface area (Å²) in [5.41, 5.74) is 7.67. The summed E-state index contributed by atoms with van der Waals surface area (Å²) in [6, 6.07) is 5.33. The van der Waals surface area contributed by atoms with E-state index in [9.17, 15) is 4.39 Å². The maximum atomic E-state index is 13.3. The quantitative estimate of drug-likeness (QED) is 0.702. The Balaban J connectivity index is 2.45. The molecule has 0 heterocycles. The van der Waals surface area contributed by atoms with Gasteiger partial charge in [0, 0.05) is 0 Å². The molecule has 1 aliphatic carbocycles. The molecular formula is C11H14FN. The summed E-state index contributed by atoms with van der Waals surface area (Å²) >= 11 is 0. The molecule has 1 aliphatic rings. The van der Waals surface area contributed by atoms with E-state index in [-0.39, 0.29) is 5.82 Å². The third-order valence-electron chi connectivity index (χ3n) is 2.86. The molecule has 1 nitrogen and oxygen atoms in total. The van der Waals surface area contributed by atoms with E-state index in [0.29, 0.717) is 12.5 Å². The largest absolute Gasteiger partial charge is 0.330 e. The Morgan fingerprint density at radius 1 is 1.46 bits per heavy atom. The Kier molecular flexibility index (Phi) is 2.32. The first-order chi connectivity index (χ1) is 6.33. The normalized spacial score (nSPS) is 21.2. The molecule has 0 spiro atoms. The molecule has 0 aromatic heterocycles. The Hall–Kier alpha value is -0.890. The van der Waals surface area contributed by atoms with Crippen molar-refractivity contribution in [1.82, 2.24) is 0 Å². The summed E-state index contributed by atoms with van der Waals surface area (Å²) in [5.74, 6) is 0.315. The van der Waals surface area contributed by atoms with Crippen LogP contribution >= 0.6 is 0 Å². The first-order valence-electron chi connectivity index (χ1n) is 4.80. The highest BCUT2D eigenvalue weighted by atomic mass is 19.1. The minimum absolute atomic E-state index is 0.0596. The standard InChI is InChI=1S/C11H14FN/c12-11-6-2-4-9-8(7-13)3-1-5-10(9)11/h2,4,6,8H,1,3,5,7,13H2. The summed E-state index contributed by atoms with van der Waals surface area (Å²) in [5, 5.41) is 0. The second-order valence-electron chi connectivity index (χ2n) is 3.63. The molecule has 0 saturated carbocycles. The van der Waals surface area contributed by atoms with Gasteiger partial charge in [-0.1, -0.05) is 12.1 Å². The van der Waals surface area contributed by atoms with E-state index in [4.69, 9.17) is 5.73 Å². The Morgan fingerprint density at radius 2 is 2.31 bits per heavy atom. The van der Waals surface area contributed by atoms with Crippen molar-refractivity contribution in [3.05, 3.63) is 35.1 Å². The molecule has 1 aromatic carbocycles. The zero-order chi connectivity index (χ0) is 9.26. The number of halogens is 1. The molecule has 1 unspecified atom stereocenters. The number of benzene rings is 1. The predicted octanol–water partition coefficient (Wildman–Crippen LogP) is 2.20. The minimum Gasteiger partial charge on any atom is -0.330 e. The average Bonchev–Trinajstić information content (AvgIpc) is 2.18. The highest BCUT2D eigenvalue weighted by Gasteiger charge is 2.20. The van der Waals surface area contributed by atoms with Crippen molar-refractivity contribution in [3.63, 3.8) is 0 Å². The van der Waals surface area contributed by atoms with Crippen LogP contribution in [-0.4, -0.2) is 6.54 Å². The smallest absolute Gasteiger partial charge is 0.126 e. The van der Waals surface area contributed by atoms with Gasteiger partial charge in [0.1, 0.15) is 5.82 Å². The topological polar surface area (TPSA) is 26.0 Å². The molecule has 0 amide bonds. The van der Waals surface area contributed by atoms with Gasteiger partial charge in [0.25, 0.3) is 0 Å². The predicted molar refractivity (Wildman–Crippen MR) is 51.1 cm³/mol. The summed E-state index contributed by atoms with van der Waals surface area (Å²) < 4.78 is 13.3. The third-order valence-corrected chi connectivity index (χ3v) is 2.86. The van der Waals surface area contributed by atoms with Crippen LogP contribution in [0.1, 0.15) is 29.9 Å². The van der Waals surface area contributed by atoms with Crippen LogP contribution in [0.3, 0.4) is 0 Å². The van der Waals surface area contributed by atoms with Crippen molar-refractivity contribution >= 4 is 0 Å².